The Bertz CT molecular complexity index is 1730. The van der Waals surface area contributed by atoms with E-state index in [1.165, 1.54) is 254 Å². The summed E-state index contributed by atoms with van der Waals surface area (Å²) in [5, 5.41) is 0. The van der Waals surface area contributed by atoms with E-state index < -0.39 is 8.60 Å². The van der Waals surface area contributed by atoms with E-state index in [9.17, 15) is 9.59 Å². The first-order valence-electron chi connectivity index (χ1n) is 35.4. The summed E-state index contributed by atoms with van der Waals surface area (Å²) in [7, 11) is -1.72. The molecule has 0 fully saturated rings. The maximum atomic E-state index is 11.8. The number of benzene rings is 3. The third-order valence-electron chi connectivity index (χ3n) is 16.0. The summed E-state index contributed by atoms with van der Waals surface area (Å²) in [5.74, 6) is 3.84. The van der Waals surface area contributed by atoms with E-state index in [2.05, 4.69) is 107 Å². The summed E-state index contributed by atoms with van der Waals surface area (Å²) < 4.78 is 30.9. The summed E-state index contributed by atoms with van der Waals surface area (Å²) in [6.45, 7) is 12.4. The van der Waals surface area contributed by atoms with Crippen molar-refractivity contribution in [2.45, 2.75) is 330 Å². The van der Waals surface area contributed by atoms with Gasteiger partial charge in [0.15, 0.2) is 0 Å². The van der Waals surface area contributed by atoms with Crippen LogP contribution in [0, 0.1) is 0 Å². The number of para-hydroxylation sites is 3. The van der Waals surface area contributed by atoms with Crippen LogP contribution in [-0.4, -0.2) is 36.7 Å². The van der Waals surface area contributed by atoms with Gasteiger partial charge >= 0.3 is 20.5 Å². The van der Waals surface area contributed by atoms with E-state index in [4.69, 9.17) is 23.0 Å². The Hall–Kier alpha value is -3.22. The molecule has 0 radical (unpaired) electrons. The standard InChI is InChI=1S/C45H69O3P.C30H58O4S/c1-4-7-10-13-16-19-22-31-40-34-25-28-37-43(40)46-49(47-44-38-29-26-35-41(44)32-23-20-17-14-11-8-5-2)48-45-39-30-27-36-42(45)33-24-21-18-15-12-9-6-3;1-3-5-7-9-11-13-15-17-19-21-25-33-29(31)23-27-35-28-24-30(32)34-26-22-20-18-16-14-12-10-8-6-4-2/h25-30,34-39H,4-24,31-33H2,1-3H3;3-28H2,1-2H3. The van der Waals surface area contributed by atoms with Crippen molar-refractivity contribution < 1.29 is 32.6 Å². The zero-order valence-electron chi connectivity index (χ0n) is 55.0. The van der Waals surface area contributed by atoms with Crippen LogP contribution in [-0.2, 0) is 38.3 Å². The zero-order valence-corrected chi connectivity index (χ0v) is 56.7. The molecule has 0 N–H and O–H groups in total. The number of thioether (sulfide) groups is 1. The SMILES string of the molecule is CCCCCCCCCCCCOC(=O)CCSCCC(=O)OCCCCCCCCCCCC.CCCCCCCCCc1ccccc1OP(Oc1ccccc1CCCCCCCCC)Oc1ccccc1CCCCCCCCC. The van der Waals surface area contributed by atoms with Crippen molar-refractivity contribution in [3.05, 3.63) is 89.5 Å². The molecule has 0 aliphatic heterocycles. The molecule has 0 aliphatic carbocycles. The summed E-state index contributed by atoms with van der Waals surface area (Å²) in [5.41, 5.74) is 3.72. The molecule has 0 unspecified atom stereocenters. The summed E-state index contributed by atoms with van der Waals surface area (Å²) in [4.78, 5) is 23.6. The van der Waals surface area contributed by atoms with Gasteiger partial charge < -0.3 is 23.0 Å². The Morgan fingerprint density at radius 3 is 0.798 bits per heavy atom. The van der Waals surface area contributed by atoms with Crippen molar-refractivity contribution in [2.24, 2.45) is 0 Å². The maximum absolute atomic E-state index is 11.8. The number of carbonyl (C=O) groups excluding carboxylic acids is 2. The molecule has 9 heteroatoms. The number of esters is 2. The minimum atomic E-state index is -1.72. The average molecular weight is 1200 g/mol. The maximum Gasteiger partial charge on any atom is 0.530 e. The van der Waals surface area contributed by atoms with Gasteiger partial charge in [-0.15, -0.1) is 0 Å². The zero-order chi connectivity index (χ0) is 60.3. The average Bonchev–Trinajstić information content (AvgIpc) is 3.63. The largest absolute Gasteiger partial charge is 0.530 e. The van der Waals surface area contributed by atoms with E-state index >= 15 is 0 Å². The fraction of sp³-hybridized carbons (Fsp3) is 0.733. The molecule has 0 bridgehead atoms. The van der Waals surface area contributed by atoms with Crippen LogP contribution < -0.4 is 13.6 Å². The summed E-state index contributed by atoms with van der Waals surface area (Å²) in [6.07, 6.45) is 56.8. The fourth-order valence-corrected chi connectivity index (χ4v) is 12.6. The van der Waals surface area contributed by atoms with Crippen LogP contribution in [0.2, 0.25) is 0 Å². The lowest BCUT2D eigenvalue weighted by Crippen LogP contribution is -2.09. The highest BCUT2D eigenvalue weighted by Crippen LogP contribution is 2.45. The van der Waals surface area contributed by atoms with Crippen molar-refractivity contribution in [1.29, 1.82) is 0 Å². The highest BCUT2D eigenvalue weighted by atomic mass is 32.2. The molecule has 0 aromatic heterocycles. The van der Waals surface area contributed by atoms with Gasteiger partial charge in [-0.05, 0) is 86.3 Å². The lowest BCUT2D eigenvalue weighted by molar-refractivity contribution is -0.144. The Morgan fingerprint density at radius 1 is 0.310 bits per heavy atom. The van der Waals surface area contributed by atoms with E-state index in [0.29, 0.717) is 37.6 Å². The molecular formula is C75H127O7PS. The van der Waals surface area contributed by atoms with Gasteiger partial charge in [0.1, 0.15) is 17.2 Å². The lowest BCUT2D eigenvalue weighted by atomic mass is 10.0. The van der Waals surface area contributed by atoms with Gasteiger partial charge in [0.2, 0.25) is 0 Å². The highest BCUT2D eigenvalue weighted by Gasteiger charge is 2.24. The van der Waals surface area contributed by atoms with E-state index in [1.807, 2.05) is 0 Å². The van der Waals surface area contributed by atoms with Gasteiger partial charge in [-0.2, -0.15) is 11.8 Å². The molecular weight excluding hydrogens is 1080 g/mol. The van der Waals surface area contributed by atoms with E-state index in [-0.39, 0.29) is 11.9 Å². The second-order valence-electron chi connectivity index (χ2n) is 23.9. The number of ether oxygens (including phenoxy) is 2. The molecule has 0 atom stereocenters. The second kappa shape index (κ2) is 58.8. The van der Waals surface area contributed by atoms with Gasteiger partial charge in [-0.3, -0.25) is 9.59 Å². The van der Waals surface area contributed by atoms with Crippen LogP contribution in [0.1, 0.15) is 327 Å². The lowest BCUT2D eigenvalue weighted by Gasteiger charge is -2.22. The Labute approximate surface area is 523 Å². The van der Waals surface area contributed by atoms with Crippen molar-refractivity contribution >= 4 is 32.3 Å². The van der Waals surface area contributed by atoms with Gasteiger partial charge in [0, 0.05) is 11.5 Å². The van der Waals surface area contributed by atoms with Crippen molar-refractivity contribution in [2.75, 3.05) is 24.7 Å². The van der Waals surface area contributed by atoms with E-state index in [0.717, 1.165) is 62.2 Å². The minimum absolute atomic E-state index is 0.114. The molecule has 7 nitrogen and oxygen atoms in total. The fourth-order valence-electron chi connectivity index (χ4n) is 10.6. The van der Waals surface area contributed by atoms with Crippen LogP contribution in [0.4, 0.5) is 0 Å². The Balaban J connectivity index is 0.000000609. The van der Waals surface area contributed by atoms with Crippen molar-refractivity contribution in [3.63, 3.8) is 0 Å². The predicted molar refractivity (Wildman–Crippen MR) is 365 cm³/mol. The van der Waals surface area contributed by atoms with Crippen LogP contribution in [0.15, 0.2) is 72.8 Å². The summed E-state index contributed by atoms with van der Waals surface area (Å²) >= 11 is 1.63. The third kappa shape index (κ3) is 45.1. The van der Waals surface area contributed by atoms with Gasteiger partial charge in [-0.25, -0.2) is 0 Å². The number of hydrogen-bond acceptors (Lipinski definition) is 8. The topological polar surface area (TPSA) is 80.3 Å². The quantitative estimate of drug-likeness (QED) is 0.0314. The summed E-state index contributed by atoms with van der Waals surface area (Å²) in [6, 6.07) is 25.5. The predicted octanol–water partition coefficient (Wildman–Crippen LogP) is 24.8. The molecule has 0 saturated carbocycles. The smallest absolute Gasteiger partial charge is 0.466 e. The van der Waals surface area contributed by atoms with E-state index in [1.54, 1.807) is 11.8 Å². The number of aryl methyl sites for hydroxylation is 3. The minimum Gasteiger partial charge on any atom is -0.466 e. The van der Waals surface area contributed by atoms with Crippen molar-refractivity contribution in [1.82, 2.24) is 0 Å². The Morgan fingerprint density at radius 2 is 0.536 bits per heavy atom. The first kappa shape index (κ1) is 76.9. The number of unbranched alkanes of at least 4 members (excludes halogenated alkanes) is 36. The molecule has 84 heavy (non-hydrogen) atoms. The molecule has 3 rings (SSSR count). The molecule has 0 spiro atoms. The molecule has 3 aromatic rings. The van der Waals surface area contributed by atoms with Gasteiger partial charge in [0.05, 0.1) is 26.1 Å². The van der Waals surface area contributed by atoms with Crippen molar-refractivity contribution in [3.8, 4) is 17.2 Å². The highest BCUT2D eigenvalue weighted by molar-refractivity contribution is 7.99. The molecule has 0 amide bonds. The molecule has 3 aromatic carbocycles. The molecule has 0 heterocycles. The van der Waals surface area contributed by atoms with Crippen LogP contribution >= 0.6 is 20.4 Å². The number of hydrogen-bond donors (Lipinski definition) is 0. The second-order valence-corrected chi connectivity index (χ2v) is 26.1. The normalized spacial score (nSPS) is 11.2. The van der Waals surface area contributed by atoms with Crippen LogP contribution in [0.5, 0.6) is 17.2 Å². The van der Waals surface area contributed by atoms with Crippen LogP contribution in [0.3, 0.4) is 0 Å². The van der Waals surface area contributed by atoms with Crippen LogP contribution in [0.25, 0.3) is 0 Å². The number of carbonyl (C=O) groups is 2. The monoisotopic (exact) mass is 1200 g/mol. The van der Waals surface area contributed by atoms with Gasteiger partial charge in [-0.1, -0.05) is 320 Å². The first-order valence-corrected chi connectivity index (χ1v) is 37.7. The third-order valence-corrected chi connectivity index (χ3v) is 18.0. The van der Waals surface area contributed by atoms with Gasteiger partial charge in [0.25, 0.3) is 0 Å². The number of rotatable bonds is 58. The Kier molecular flexibility index (Phi) is 53.8. The molecule has 0 aliphatic rings. The first-order chi connectivity index (χ1) is 41.4. The molecule has 0 saturated heterocycles. The molecule has 480 valence electrons.